The maximum atomic E-state index is 11.3. The summed E-state index contributed by atoms with van der Waals surface area (Å²) in [4.78, 5) is 11.3. The van der Waals surface area contributed by atoms with Crippen LogP contribution < -0.4 is 5.32 Å². The van der Waals surface area contributed by atoms with E-state index in [1.54, 1.807) is 6.07 Å². The van der Waals surface area contributed by atoms with Gasteiger partial charge in [0.05, 0.1) is 0 Å². The van der Waals surface area contributed by atoms with E-state index in [4.69, 9.17) is 11.6 Å². The molecule has 0 saturated carbocycles. The zero-order chi connectivity index (χ0) is 11.6. The van der Waals surface area contributed by atoms with Crippen molar-refractivity contribution in [3.63, 3.8) is 0 Å². The number of hydrogen-bond acceptors (Lipinski definition) is 2. The Morgan fingerprint density at radius 2 is 2.25 bits per heavy atom. The molecule has 86 valence electrons. The van der Waals surface area contributed by atoms with Crippen molar-refractivity contribution in [3.8, 4) is 0 Å². The molecule has 1 aliphatic heterocycles. The smallest absolute Gasteiger partial charge is 0.324 e. The average molecular weight is 240 g/mol. The molecule has 1 aliphatic rings. The number of halogens is 1. The third kappa shape index (κ3) is 2.06. The molecule has 1 fully saturated rings. The first-order valence-corrected chi connectivity index (χ1v) is 5.74. The lowest BCUT2D eigenvalue weighted by Crippen LogP contribution is -2.49. The molecule has 2 rings (SSSR count). The van der Waals surface area contributed by atoms with Gasteiger partial charge in [-0.05, 0) is 31.0 Å². The Hall–Kier alpha value is -1.06. The summed E-state index contributed by atoms with van der Waals surface area (Å²) in [6.45, 7) is 0.761. The Morgan fingerprint density at radius 3 is 2.81 bits per heavy atom. The van der Waals surface area contributed by atoms with Gasteiger partial charge in [-0.2, -0.15) is 0 Å². The molecule has 0 aromatic heterocycles. The number of carboxylic acids is 1. The van der Waals surface area contributed by atoms with E-state index in [0.29, 0.717) is 17.9 Å². The van der Waals surface area contributed by atoms with Crippen LogP contribution in [0, 0.1) is 0 Å². The highest BCUT2D eigenvalue weighted by atomic mass is 35.5. The lowest BCUT2D eigenvalue weighted by Gasteiger charge is -2.24. The van der Waals surface area contributed by atoms with Gasteiger partial charge in [-0.1, -0.05) is 29.8 Å². The second-order valence-corrected chi connectivity index (χ2v) is 4.59. The summed E-state index contributed by atoms with van der Waals surface area (Å²) in [6, 6.07) is 7.40. The lowest BCUT2D eigenvalue weighted by molar-refractivity contribution is -0.144. The van der Waals surface area contributed by atoms with Crippen LogP contribution >= 0.6 is 11.6 Å². The van der Waals surface area contributed by atoms with Crippen LogP contribution in [-0.4, -0.2) is 23.2 Å². The van der Waals surface area contributed by atoms with Crippen molar-refractivity contribution in [3.05, 3.63) is 34.9 Å². The Labute approximate surface area is 99.4 Å². The molecule has 3 nitrogen and oxygen atoms in total. The fourth-order valence-corrected chi connectivity index (χ4v) is 2.38. The maximum absolute atomic E-state index is 11.3. The SMILES string of the molecule is O=C(O)C1(Cc2ccccc2Cl)CCCN1. The minimum absolute atomic E-state index is 0.446. The Morgan fingerprint density at radius 1 is 1.50 bits per heavy atom. The van der Waals surface area contributed by atoms with E-state index in [0.717, 1.165) is 18.5 Å². The van der Waals surface area contributed by atoms with E-state index < -0.39 is 11.5 Å². The molecule has 16 heavy (non-hydrogen) atoms. The molecule has 0 amide bonds. The highest BCUT2D eigenvalue weighted by Crippen LogP contribution is 2.27. The van der Waals surface area contributed by atoms with Gasteiger partial charge in [0.25, 0.3) is 0 Å². The van der Waals surface area contributed by atoms with Gasteiger partial charge in [-0.3, -0.25) is 4.79 Å². The van der Waals surface area contributed by atoms with Gasteiger partial charge >= 0.3 is 5.97 Å². The third-order valence-electron chi connectivity index (χ3n) is 3.10. The van der Waals surface area contributed by atoms with Gasteiger partial charge in [0.1, 0.15) is 5.54 Å². The summed E-state index contributed by atoms with van der Waals surface area (Å²) >= 11 is 6.05. The Kier molecular flexibility index (Phi) is 3.17. The Bertz CT molecular complexity index is 400. The van der Waals surface area contributed by atoms with E-state index in [1.807, 2.05) is 18.2 Å². The largest absolute Gasteiger partial charge is 0.480 e. The third-order valence-corrected chi connectivity index (χ3v) is 3.47. The number of aliphatic carboxylic acids is 1. The van der Waals surface area contributed by atoms with E-state index in [1.165, 1.54) is 0 Å². The number of carboxylic acid groups (broad SMARTS) is 1. The molecule has 1 aromatic rings. The van der Waals surface area contributed by atoms with Crippen LogP contribution in [0.15, 0.2) is 24.3 Å². The predicted molar refractivity (Wildman–Crippen MR) is 62.8 cm³/mol. The van der Waals surface area contributed by atoms with Crippen molar-refractivity contribution in [1.29, 1.82) is 0 Å². The highest BCUT2D eigenvalue weighted by Gasteiger charge is 2.41. The van der Waals surface area contributed by atoms with Crippen molar-refractivity contribution in [2.45, 2.75) is 24.8 Å². The van der Waals surface area contributed by atoms with Gasteiger partial charge in [-0.25, -0.2) is 0 Å². The second kappa shape index (κ2) is 4.44. The van der Waals surface area contributed by atoms with Crippen LogP contribution in [0.3, 0.4) is 0 Å². The van der Waals surface area contributed by atoms with E-state index in [-0.39, 0.29) is 0 Å². The van der Waals surface area contributed by atoms with Crippen molar-refractivity contribution in [2.24, 2.45) is 0 Å². The molecule has 2 N–H and O–H groups in total. The molecule has 0 radical (unpaired) electrons. The predicted octanol–water partition coefficient (Wildman–Crippen LogP) is 2.09. The number of carbonyl (C=O) groups is 1. The number of nitrogens with one attached hydrogen (secondary N) is 1. The van der Waals surface area contributed by atoms with Crippen molar-refractivity contribution < 1.29 is 9.90 Å². The molecule has 4 heteroatoms. The van der Waals surface area contributed by atoms with Gasteiger partial charge in [0.2, 0.25) is 0 Å². The van der Waals surface area contributed by atoms with Crippen LogP contribution in [0.25, 0.3) is 0 Å². The van der Waals surface area contributed by atoms with Crippen LogP contribution in [0.1, 0.15) is 18.4 Å². The first-order chi connectivity index (χ1) is 7.64. The van der Waals surface area contributed by atoms with E-state index in [2.05, 4.69) is 5.32 Å². The normalized spacial score (nSPS) is 24.6. The quantitative estimate of drug-likeness (QED) is 0.849. The van der Waals surface area contributed by atoms with Gasteiger partial charge in [0, 0.05) is 11.4 Å². The second-order valence-electron chi connectivity index (χ2n) is 4.19. The summed E-state index contributed by atoms with van der Waals surface area (Å²) in [5, 5.41) is 13.0. The van der Waals surface area contributed by atoms with Crippen molar-refractivity contribution in [1.82, 2.24) is 5.32 Å². The van der Waals surface area contributed by atoms with Crippen LogP contribution in [0.2, 0.25) is 5.02 Å². The molecule has 1 unspecified atom stereocenters. The zero-order valence-electron chi connectivity index (χ0n) is 8.87. The van der Waals surface area contributed by atoms with Crippen molar-refractivity contribution >= 4 is 17.6 Å². The standard InChI is InChI=1S/C12H14ClNO2/c13-10-5-2-1-4-9(10)8-12(11(15)16)6-3-7-14-12/h1-2,4-5,14H,3,6-8H2,(H,15,16). The van der Waals surface area contributed by atoms with Gasteiger partial charge < -0.3 is 10.4 Å². The van der Waals surface area contributed by atoms with Crippen LogP contribution in [-0.2, 0) is 11.2 Å². The topological polar surface area (TPSA) is 49.3 Å². The molecule has 0 bridgehead atoms. The average Bonchev–Trinajstić information content (AvgIpc) is 2.71. The highest BCUT2D eigenvalue weighted by molar-refractivity contribution is 6.31. The summed E-state index contributed by atoms with van der Waals surface area (Å²) in [5.41, 5.74) is 0.0614. The molecule has 1 saturated heterocycles. The van der Waals surface area contributed by atoms with Gasteiger partial charge in [-0.15, -0.1) is 0 Å². The first kappa shape index (κ1) is 11.4. The van der Waals surface area contributed by atoms with Gasteiger partial charge in [0.15, 0.2) is 0 Å². The molecule has 0 aliphatic carbocycles. The molecule has 1 heterocycles. The summed E-state index contributed by atoms with van der Waals surface area (Å²) in [5.74, 6) is -0.787. The Balaban J connectivity index is 2.25. The minimum atomic E-state index is -0.828. The minimum Gasteiger partial charge on any atom is -0.480 e. The fraction of sp³-hybridized carbons (Fsp3) is 0.417. The summed E-state index contributed by atoms with van der Waals surface area (Å²) in [7, 11) is 0. The molecular weight excluding hydrogens is 226 g/mol. The fourth-order valence-electron chi connectivity index (χ4n) is 2.18. The first-order valence-electron chi connectivity index (χ1n) is 5.36. The molecule has 0 spiro atoms. The molecule has 1 aromatic carbocycles. The molecular formula is C12H14ClNO2. The number of benzene rings is 1. The molecule has 1 atom stereocenters. The maximum Gasteiger partial charge on any atom is 0.324 e. The zero-order valence-corrected chi connectivity index (χ0v) is 9.63. The van der Waals surface area contributed by atoms with Crippen LogP contribution in [0.4, 0.5) is 0 Å². The summed E-state index contributed by atoms with van der Waals surface area (Å²) in [6.07, 6.45) is 2.01. The van der Waals surface area contributed by atoms with E-state index >= 15 is 0 Å². The lowest BCUT2D eigenvalue weighted by atomic mass is 9.89. The van der Waals surface area contributed by atoms with E-state index in [9.17, 15) is 9.90 Å². The summed E-state index contributed by atoms with van der Waals surface area (Å²) < 4.78 is 0. The number of rotatable bonds is 3. The monoisotopic (exact) mass is 239 g/mol. The van der Waals surface area contributed by atoms with Crippen molar-refractivity contribution in [2.75, 3.05) is 6.54 Å². The number of hydrogen-bond donors (Lipinski definition) is 2. The van der Waals surface area contributed by atoms with Crippen LogP contribution in [0.5, 0.6) is 0 Å².